The lowest BCUT2D eigenvalue weighted by molar-refractivity contribution is -0.122. The van der Waals surface area contributed by atoms with Crippen LogP contribution in [0.2, 0.25) is 5.02 Å². The average Bonchev–Trinajstić information content (AvgIpc) is 3.44. The monoisotopic (exact) mass is 416 g/mol. The molecule has 2 unspecified atom stereocenters. The van der Waals surface area contributed by atoms with Crippen molar-refractivity contribution in [3.05, 3.63) is 47.1 Å². The van der Waals surface area contributed by atoms with Crippen LogP contribution in [-0.4, -0.2) is 50.5 Å². The van der Waals surface area contributed by atoms with Crippen LogP contribution in [0.5, 0.6) is 0 Å². The maximum Gasteiger partial charge on any atom is 0.224 e. The van der Waals surface area contributed by atoms with Crippen molar-refractivity contribution in [1.82, 2.24) is 5.32 Å². The molecule has 156 valence electrons. The van der Waals surface area contributed by atoms with E-state index < -0.39 is 0 Å². The van der Waals surface area contributed by atoms with Crippen LogP contribution >= 0.6 is 11.6 Å². The molecule has 1 aromatic rings. The Hall–Kier alpha value is -2.31. The first kappa shape index (κ1) is 23.0. The number of allylic oxidation sites excluding steroid dienone is 1. The lowest BCUT2D eigenvalue weighted by Crippen LogP contribution is -2.31. The molecule has 1 amide bonds. The molecular weight excluding hydrogens is 388 g/mol. The molecule has 6 nitrogen and oxygen atoms in total. The molecule has 1 aromatic carbocycles. The molecule has 0 radical (unpaired) electrons. The molecule has 1 saturated carbocycles. The number of carbonyl (C=O) groups excluding carboxylic acids is 1. The fraction of sp³-hybridized carbons (Fsp3) is 0.455. The number of hydrogen-bond donors (Lipinski definition) is 1. The molecule has 0 saturated heterocycles. The Balaban J connectivity index is 1.99. The molecule has 1 N–H and O–H groups in total. The highest BCUT2D eigenvalue weighted by Crippen LogP contribution is 2.54. The van der Waals surface area contributed by atoms with Crippen LogP contribution in [0.25, 0.3) is 0 Å². The number of ether oxygens (including phenoxy) is 1. The topological polar surface area (TPSA) is 75.4 Å². The Labute approximate surface area is 177 Å². The standard InChI is InChI=1S/C22H29ClN4O2/c1-4-10-24-11-12-27-21(28)20-15-22(20,18-6-8-19(23)9-7-18)16-29-14-13-26-17(3)25-5-2/h4,6-11,13,20H,5,12,14-16H2,1-3H3,(H,27,28)/b10-4-,24-11?,25-17?,26-13?. The van der Waals surface area contributed by atoms with Gasteiger partial charge in [0.1, 0.15) is 5.84 Å². The van der Waals surface area contributed by atoms with Gasteiger partial charge in [0.05, 0.1) is 25.7 Å². The van der Waals surface area contributed by atoms with Gasteiger partial charge in [-0.05, 0) is 44.9 Å². The van der Waals surface area contributed by atoms with E-state index >= 15 is 0 Å². The van der Waals surface area contributed by atoms with Gasteiger partial charge < -0.3 is 10.1 Å². The summed E-state index contributed by atoms with van der Waals surface area (Å²) in [6.45, 7) is 7.64. The minimum Gasteiger partial charge on any atom is -0.375 e. The normalized spacial score (nSPS) is 22.1. The van der Waals surface area contributed by atoms with Gasteiger partial charge in [-0.2, -0.15) is 0 Å². The summed E-state index contributed by atoms with van der Waals surface area (Å²) >= 11 is 6.03. The summed E-state index contributed by atoms with van der Waals surface area (Å²) < 4.78 is 5.86. The molecule has 1 fully saturated rings. The number of amides is 1. The number of hydrogen-bond acceptors (Lipinski definition) is 4. The SMILES string of the molecule is C/C=C\N=CCNC(=O)C1CC1(COCC=NC(C)=NCC)c1ccc(Cl)cc1. The Bertz CT molecular complexity index is 787. The smallest absolute Gasteiger partial charge is 0.224 e. The molecular formula is C22H29ClN4O2. The van der Waals surface area contributed by atoms with E-state index in [0.717, 1.165) is 17.8 Å². The van der Waals surface area contributed by atoms with E-state index in [1.807, 2.05) is 51.1 Å². The van der Waals surface area contributed by atoms with Crippen molar-refractivity contribution in [2.75, 3.05) is 26.3 Å². The van der Waals surface area contributed by atoms with Gasteiger partial charge in [0, 0.05) is 35.6 Å². The van der Waals surface area contributed by atoms with Crippen LogP contribution in [0, 0.1) is 5.92 Å². The van der Waals surface area contributed by atoms with Crippen LogP contribution < -0.4 is 5.32 Å². The quantitative estimate of drug-likeness (QED) is 0.357. The maximum absolute atomic E-state index is 12.6. The largest absolute Gasteiger partial charge is 0.375 e. The van der Waals surface area contributed by atoms with Gasteiger partial charge in [0.15, 0.2) is 0 Å². The molecule has 7 heteroatoms. The van der Waals surface area contributed by atoms with Crippen LogP contribution in [0.15, 0.2) is 51.5 Å². The summed E-state index contributed by atoms with van der Waals surface area (Å²) in [5.74, 6) is 0.598. The zero-order valence-corrected chi connectivity index (χ0v) is 18.0. The molecule has 0 bridgehead atoms. The predicted molar refractivity (Wildman–Crippen MR) is 121 cm³/mol. The number of rotatable bonds is 10. The molecule has 0 aromatic heterocycles. The number of halogens is 1. The molecule has 0 spiro atoms. The summed E-state index contributed by atoms with van der Waals surface area (Å²) in [5, 5.41) is 3.59. The number of amidine groups is 1. The van der Waals surface area contributed by atoms with Gasteiger partial charge in [-0.15, -0.1) is 0 Å². The fourth-order valence-corrected chi connectivity index (χ4v) is 3.32. The highest BCUT2D eigenvalue weighted by molar-refractivity contribution is 6.30. The van der Waals surface area contributed by atoms with E-state index in [-0.39, 0.29) is 17.2 Å². The van der Waals surface area contributed by atoms with Gasteiger partial charge in [-0.3, -0.25) is 14.8 Å². The highest BCUT2D eigenvalue weighted by Gasteiger charge is 2.59. The van der Waals surface area contributed by atoms with Crippen molar-refractivity contribution in [3.63, 3.8) is 0 Å². The minimum atomic E-state index is -0.338. The zero-order chi connectivity index (χ0) is 21.1. The number of benzene rings is 1. The summed E-state index contributed by atoms with van der Waals surface area (Å²) in [5.41, 5.74) is 0.723. The zero-order valence-electron chi connectivity index (χ0n) is 17.3. The second kappa shape index (κ2) is 11.6. The van der Waals surface area contributed by atoms with Crippen molar-refractivity contribution in [1.29, 1.82) is 0 Å². The van der Waals surface area contributed by atoms with E-state index in [1.54, 1.807) is 18.6 Å². The van der Waals surface area contributed by atoms with Crippen LogP contribution in [0.4, 0.5) is 0 Å². The first-order valence-corrected chi connectivity index (χ1v) is 10.2. The third kappa shape index (κ3) is 6.91. The van der Waals surface area contributed by atoms with Gasteiger partial charge in [0.2, 0.25) is 5.91 Å². The highest BCUT2D eigenvalue weighted by atomic mass is 35.5. The second-order valence-electron chi connectivity index (χ2n) is 6.83. The minimum absolute atomic E-state index is 0.00932. The molecule has 2 atom stereocenters. The summed E-state index contributed by atoms with van der Waals surface area (Å²) in [6, 6.07) is 7.64. The molecule has 0 aliphatic heterocycles. The summed E-state index contributed by atoms with van der Waals surface area (Å²) in [7, 11) is 0. The number of carbonyl (C=O) groups is 1. The van der Waals surface area contributed by atoms with Gasteiger partial charge in [0.25, 0.3) is 0 Å². The van der Waals surface area contributed by atoms with E-state index in [9.17, 15) is 4.79 Å². The molecule has 0 heterocycles. The summed E-state index contributed by atoms with van der Waals surface area (Å²) in [4.78, 5) is 25.1. The van der Waals surface area contributed by atoms with E-state index in [1.165, 1.54) is 0 Å². The Morgan fingerprint density at radius 3 is 2.79 bits per heavy atom. The van der Waals surface area contributed by atoms with Crippen molar-refractivity contribution in [3.8, 4) is 0 Å². The predicted octanol–water partition coefficient (Wildman–Crippen LogP) is 3.84. The Kier molecular flexibility index (Phi) is 9.22. The lowest BCUT2D eigenvalue weighted by Gasteiger charge is -2.18. The van der Waals surface area contributed by atoms with Crippen molar-refractivity contribution < 1.29 is 9.53 Å². The van der Waals surface area contributed by atoms with Crippen molar-refractivity contribution in [2.45, 2.75) is 32.6 Å². The fourth-order valence-electron chi connectivity index (χ4n) is 3.19. The van der Waals surface area contributed by atoms with Crippen LogP contribution in [0.3, 0.4) is 0 Å². The lowest BCUT2D eigenvalue weighted by atomic mass is 9.93. The average molecular weight is 417 g/mol. The Morgan fingerprint density at radius 1 is 1.34 bits per heavy atom. The van der Waals surface area contributed by atoms with E-state index in [2.05, 4.69) is 20.3 Å². The van der Waals surface area contributed by atoms with Crippen molar-refractivity contribution >= 4 is 35.8 Å². The maximum atomic E-state index is 12.6. The van der Waals surface area contributed by atoms with E-state index in [4.69, 9.17) is 16.3 Å². The first-order chi connectivity index (χ1) is 14.0. The second-order valence-corrected chi connectivity index (χ2v) is 7.26. The molecule has 1 aliphatic carbocycles. The third-order valence-electron chi connectivity index (χ3n) is 4.74. The molecule has 2 rings (SSSR count). The van der Waals surface area contributed by atoms with Crippen LogP contribution in [0.1, 0.15) is 32.8 Å². The number of nitrogens with zero attached hydrogens (tertiary/aromatic N) is 3. The molecule has 1 aliphatic rings. The third-order valence-corrected chi connectivity index (χ3v) is 4.99. The van der Waals surface area contributed by atoms with Gasteiger partial charge >= 0.3 is 0 Å². The summed E-state index contributed by atoms with van der Waals surface area (Å²) in [6.07, 6.45) is 7.64. The number of nitrogens with one attached hydrogen (secondary N) is 1. The van der Waals surface area contributed by atoms with Gasteiger partial charge in [-0.25, -0.2) is 4.99 Å². The van der Waals surface area contributed by atoms with Crippen molar-refractivity contribution in [2.24, 2.45) is 20.9 Å². The van der Waals surface area contributed by atoms with Crippen LogP contribution in [-0.2, 0) is 14.9 Å². The molecule has 29 heavy (non-hydrogen) atoms. The first-order valence-electron chi connectivity index (χ1n) is 9.81. The van der Waals surface area contributed by atoms with E-state index in [0.29, 0.717) is 31.3 Å². The number of aliphatic imine (C=N–C) groups is 3. The Morgan fingerprint density at radius 2 is 2.10 bits per heavy atom. The van der Waals surface area contributed by atoms with Gasteiger partial charge in [-0.1, -0.05) is 29.8 Å².